The summed E-state index contributed by atoms with van der Waals surface area (Å²) in [5.41, 5.74) is 5.35. The van der Waals surface area contributed by atoms with Crippen molar-refractivity contribution in [2.24, 2.45) is 0 Å². The molecule has 12 nitrogen and oxygen atoms in total. The number of nitrogens with one attached hydrogen (secondary N) is 1. The van der Waals surface area contributed by atoms with E-state index in [1.165, 1.54) is 24.5 Å². The Morgan fingerprint density at radius 3 is 2.69 bits per heavy atom. The first kappa shape index (κ1) is 27.1. The Kier molecular flexibility index (Phi) is 6.94. The number of amides is 2. The summed E-state index contributed by atoms with van der Waals surface area (Å²) in [4.78, 5) is 42.7. The largest absolute Gasteiger partial charge is 0.484 e. The molecule has 0 fully saturated rings. The van der Waals surface area contributed by atoms with Crippen LogP contribution >= 0.6 is 11.3 Å². The van der Waals surface area contributed by atoms with Crippen LogP contribution < -0.4 is 24.4 Å². The normalized spacial score (nSPS) is 14.1. The summed E-state index contributed by atoms with van der Waals surface area (Å²) in [7, 11) is 1.56. The SMILES string of the molecule is COc1cnc2c(-c3nc4c(C)cc5c(c4s3)OCC(CN(C(=O)O)c3ccc(NC(C)=O)nc3)O5)cc(C)cc2n1. The molecule has 1 aliphatic rings. The van der Waals surface area contributed by atoms with Crippen LogP contribution in [0.4, 0.5) is 16.3 Å². The highest BCUT2D eigenvalue weighted by Gasteiger charge is 2.30. The summed E-state index contributed by atoms with van der Waals surface area (Å²) < 4.78 is 18.5. The molecule has 2 amide bonds. The van der Waals surface area contributed by atoms with Crippen molar-refractivity contribution in [1.29, 1.82) is 0 Å². The molecule has 6 rings (SSSR count). The molecule has 0 saturated heterocycles. The molecule has 0 bridgehead atoms. The topological polar surface area (TPSA) is 149 Å². The van der Waals surface area contributed by atoms with Crippen LogP contribution in [0.3, 0.4) is 0 Å². The first-order chi connectivity index (χ1) is 20.2. The predicted molar refractivity (Wildman–Crippen MR) is 158 cm³/mol. The first-order valence-electron chi connectivity index (χ1n) is 13.0. The second kappa shape index (κ2) is 10.7. The number of benzene rings is 2. The molecule has 0 spiro atoms. The predicted octanol–water partition coefficient (Wildman–Crippen LogP) is 5.21. The second-order valence-corrected chi connectivity index (χ2v) is 10.8. The third-order valence-electron chi connectivity index (χ3n) is 6.67. The van der Waals surface area contributed by atoms with Gasteiger partial charge in [0.1, 0.15) is 22.1 Å². The van der Waals surface area contributed by atoms with Crippen LogP contribution in [0.2, 0.25) is 0 Å². The molecule has 42 heavy (non-hydrogen) atoms. The lowest BCUT2D eigenvalue weighted by Crippen LogP contribution is -2.43. The summed E-state index contributed by atoms with van der Waals surface area (Å²) in [6.45, 7) is 5.47. The van der Waals surface area contributed by atoms with Crippen LogP contribution in [0.25, 0.3) is 31.8 Å². The van der Waals surface area contributed by atoms with Crippen molar-refractivity contribution in [1.82, 2.24) is 19.9 Å². The van der Waals surface area contributed by atoms with E-state index in [4.69, 9.17) is 19.2 Å². The second-order valence-electron chi connectivity index (χ2n) is 9.84. The number of pyridine rings is 1. The molecule has 0 saturated carbocycles. The first-order valence-corrected chi connectivity index (χ1v) is 13.8. The maximum Gasteiger partial charge on any atom is 0.411 e. The molecule has 214 valence electrons. The fourth-order valence-corrected chi connectivity index (χ4v) is 5.96. The monoisotopic (exact) mass is 586 g/mol. The van der Waals surface area contributed by atoms with Gasteiger partial charge in [0, 0.05) is 12.5 Å². The quantitative estimate of drug-likeness (QED) is 0.272. The molecule has 1 atom stereocenters. The van der Waals surface area contributed by atoms with E-state index in [1.54, 1.807) is 25.4 Å². The number of nitrogens with zero attached hydrogens (tertiary/aromatic N) is 5. The van der Waals surface area contributed by atoms with Crippen LogP contribution in [0, 0.1) is 13.8 Å². The van der Waals surface area contributed by atoms with Crippen molar-refractivity contribution >= 4 is 56.1 Å². The Labute approximate surface area is 243 Å². The van der Waals surface area contributed by atoms with Crippen LogP contribution in [0.15, 0.2) is 42.7 Å². The summed E-state index contributed by atoms with van der Waals surface area (Å²) in [5.74, 6) is 1.60. The Morgan fingerprint density at radius 2 is 1.98 bits per heavy atom. The van der Waals surface area contributed by atoms with Gasteiger partial charge in [0.25, 0.3) is 0 Å². The van der Waals surface area contributed by atoms with E-state index in [1.807, 2.05) is 32.0 Å². The maximum absolute atomic E-state index is 12.1. The summed E-state index contributed by atoms with van der Waals surface area (Å²) in [6, 6.07) is 8.97. The molecule has 1 aliphatic heterocycles. The lowest BCUT2D eigenvalue weighted by atomic mass is 10.1. The van der Waals surface area contributed by atoms with Crippen molar-refractivity contribution in [3.05, 3.63) is 53.9 Å². The average molecular weight is 587 g/mol. The van der Waals surface area contributed by atoms with Gasteiger partial charge in [0.2, 0.25) is 11.8 Å². The number of methoxy groups -OCH3 is 1. The van der Waals surface area contributed by atoms with E-state index in [0.717, 1.165) is 42.3 Å². The minimum Gasteiger partial charge on any atom is -0.484 e. The number of anilines is 2. The van der Waals surface area contributed by atoms with Crippen LogP contribution in [0.5, 0.6) is 17.4 Å². The van der Waals surface area contributed by atoms with Crippen LogP contribution in [-0.4, -0.2) is 63.4 Å². The molecule has 4 heterocycles. The number of hydrogen-bond donors (Lipinski definition) is 2. The summed E-state index contributed by atoms with van der Waals surface area (Å²) >= 11 is 1.48. The Balaban J connectivity index is 1.30. The van der Waals surface area contributed by atoms with Gasteiger partial charge < -0.3 is 24.6 Å². The fourth-order valence-electron chi connectivity index (χ4n) is 4.81. The smallest absolute Gasteiger partial charge is 0.411 e. The number of ether oxygens (including phenoxy) is 3. The maximum atomic E-state index is 12.1. The molecule has 0 aliphatic carbocycles. The average Bonchev–Trinajstić information content (AvgIpc) is 3.41. The van der Waals surface area contributed by atoms with E-state index in [0.29, 0.717) is 34.4 Å². The van der Waals surface area contributed by atoms with E-state index < -0.39 is 12.2 Å². The minimum absolute atomic E-state index is 0.0123. The van der Waals surface area contributed by atoms with Gasteiger partial charge in [-0.3, -0.25) is 9.69 Å². The van der Waals surface area contributed by atoms with Crippen molar-refractivity contribution in [2.45, 2.75) is 26.9 Å². The van der Waals surface area contributed by atoms with Gasteiger partial charge >= 0.3 is 6.09 Å². The van der Waals surface area contributed by atoms with Gasteiger partial charge in [0.05, 0.1) is 48.3 Å². The van der Waals surface area contributed by atoms with Crippen molar-refractivity contribution in [3.63, 3.8) is 0 Å². The molecule has 3 aromatic heterocycles. The van der Waals surface area contributed by atoms with E-state index in [2.05, 4.69) is 20.3 Å². The van der Waals surface area contributed by atoms with Gasteiger partial charge in [-0.2, -0.15) is 0 Å². The van der Waals surface area contributed by atoms with Gasteiger partial charge in [-0.15, -0.1) is 11.3 Å². The molecule has 0 radical (unpaired) electrons. The number of aromatic nitrogens is 4. The molecule has 5 aromatic rings. The fraction of sp³-hybridized carbons (Fsp3) is 0.241. The van der Waals surface area contributed by atoms with Crippen molar-refractivity contribution in [3.8, 4) is 28.0 Å². The van der Waals surface area contributed by atoms with Gasteiger partial charge in [0.15, 0.2) is 17.6 Å². The zero-order valence-corrected chi connectivity index (χ0v) is 24.0. The highest BCUT2D eigenvalue weighted by molar-refractivity contribution is 7.22. The number of carbonyl (C=O) groups is 2. The Bertz CT molecular complexity index is 1860. The number of carboxylic acid groups (broad SMARTS) is 1. The minimum atomic E-state index is -1.16. The zero-order chi connectivity index (χ0) is 29.5. The molecule has 13 heteroatoms. The molecule has 2 aromatic carbocycles. The zero-order valence-electron chi connectivity index (χ0n) is 23.2. The Morgan fingerprint density at radius 1 is 1.14 bits per heavy atom. The molecular weight excluding hydrogens is 560 g/mol. The highest BCUT2D eigenvalue weighted by atomic mass is 32.1. The third-order valence-corrected chi connectivity index (χ3v) is 7.76. The number of fused-ring (bicyclic) bond motifs is 4. The molecule has 1 unspecified atom stereocenters. The summed E-state index contributed by atoms with van der Waals surface area (Å²) in [6.07, 6.45) is 1.24. The van der Waals surface area contributed by atoms with E-state index in [-0.39, 0.29) is 19.1 Å². The van der Waals surface area contributed by atoms with E-state index in [9.17, 15) is 14.7 Å². The summed E-state index contributed by atoms with van der Waals surface area (Å²) in [5, 5.41) is 13.2. The Hall–Kier alpha value is -5.04. The van der Waals surface area contributed by atoms with Gasteiger partial charge in [-0.25, -0.2) is 24.7 Å². The number of thiazole rings is 1. The number of carbonyl (C=O) groups excluding carboxylic acids is 1. The van der Waals surface area contributed by atoms with Crippen LogP contribution in [-0.2, 0) is 4.79 Å². The lowest BCUT2D eigenvalue weighted by Gasteiger charge is -2.30. The van der Waals surface area contributed by atoms with Crippen LogP contribution in [0.1, 0.15) is 18.1 Å². The molecular formula is C29H26N6O6S. The molecule has 2 N–H and O–H groups in total. The van der Waals surface area contributed by atoms with Crippen molar-refractivity contribution < 1.29 is 28.9 Å². The lowest BCUT2D eigenvalue weighted by molar-refractivity contribution is -0.114. The van der Waals surface area contributed by atoms with Gasteiger partial charge in [-0.1, -0.05) is 0 Å². The number of aryl methyl sites for hydroxylation is 2. The number of hydrogen-bond acceptors (Lipinski definition) is 10. The third kappa shape index (κ3) is 5.09. The van der Waals surface area contributed by atoms with Gasteiger partial charge in [-0.05, 0) is 55.3 Å². The highest BCUT2D eigenvalue weighted by Crippen LogP contribution is 2.46. The number of rotatable bonds is 6. The van der Waals surface area contributed by atoms with E-state index >= 15 is 0 Å². The van der Waals surface area contributed by atoms with Crippen molar-refractivity contribution in [2.75, 3.05) is 30.5 Å². The standard InChI is InChI=1S/C29H26N6O6S/c1-14-7-19(25-20(8-14)33-23(39-4)11-31-25)28-34-24-15(2)9-21-26(27(24)42-28)40-13-18(41-21)12-35(29(37)38)17-5-6-22(30-10-17)32-16(3)36/h5-11,18H,12-13H2,1-4H3,(H,37,38)(H,30,32,36).